The molecule has 0 radical (unpaired) electrons. The highest BCUT2D eigenvalue weighted by Crippen LogP contribution is 2.32. The van der Waals surface area contributed by atoms with Gasteiger partial charge in [-0.3, -0.25) is 4.79 Å². The van der Waals surface area contributed by atoms with Crippen LogP contribution < -0.4 is 16.4 Å². The van der Waals surface area contributed by atoms with Crippen LogP contribution in [0.15, 0.2) is 36.4 Å². The average Bonchev–Trinajstić information content (AvgIpc) is 2.54. The summed E-state index contributed by atoms with van der Waals surface area (Å²) in [5.41, 5.74) is 13.6. The van der Waals surface area contributed by atoms with E-state index in [0.717, 1.165) is 25.9 Å². The van der Waals surface area contributed by atoms with E-state index in [1.54, 1.807) is 0 Å². The van der Waals surface area contributed by atoms with Gasteiger partial charge in [0, 0.05) is 36.6 Å². The van der Waals surface area contributed by atoms with Crippen LogP contribution in [-0.2, 0) is 11.3 Å². The van der Waals surface area contributed by atoms with E-state index in [9.17, 15) is 4.79 Å². The summed E-state index contributed by atoms with van der Waals surface area (Å²) in [6, 6.07) is 12.6. The standard InChI is InChI=1S/C17H21N3O/c18-11-13-5-6-16(15-4-2-1-3-14(13)15)20-9-7-12(8-10-20)17(19)21/h1-6,12H,7-11,18H2,(H2,19,21). The van der Waals surface area contributed by atoms with Crippen molar-refractivity contribution in [2.45, 2.75) is 19.4 Å². The lowest BCUT2D eigenvalue weighted by Gasteiger charge is -2.33. The Balaban J connectivity index is 1.93. The minimum atomic E-state index is -0.169. The van der Waals surface area contributed by atoms with Crippen molar-refractivity contribution in [1.82, 2.24) is 0 Å². The minimum absolute atomic E-state index is 0.0239. The van der Waals surface area contributed by atoms with Crippen molar-refractivity contribution >= 4 is 22.4 Å². The number of hydrogen-bond donors (Lipinski definition) is 2. The molecule has 0 saturated carbocycles. The van der Waals surface area contributed by atoms with Gasteiger partial charge in [0.1, 0.15) is 0 Å². The van der Waals surface area contributed by atoms with E-state index in [0.29, 0.717) is 6.54 Å². The number of benzene rings is 2. The van der Waals surface area contributed by atoms with Gasteiger partial charge in [0.15, 0.2) is 0 Å². The maximum Gasteiger partial charge on any atom is 0.220 e. The van der Waals surface area contributed by atoms with Crippen LogP contribution >= 0.6 is 0 Å². The SMILES string of the molecule is NCc1ccc(N2CCC(C(N)=O)CC2)c2ccccc12. The van der Waals surface area contributed by atoms with Crippen LogP contribution in [-0.4, -0.2) is 19.0 Å². The van der Waals surface area contributed by atoms with Crippen LogP contribution in [0.1, 0.15) is 18.4 Å². The normalized spacial score (nSPS) is 16.3. The lowest BCUT2D eigenvalue weighted by atomic mass is 9.94. The highest BCUT2D eigenvalue weighted by Gasteiger charge is 2.24. The Morgan fingerprint density at radius 3 is 2.38 bits per heavy atom. The van der Waals surface area contributed by atoms with Gasteiger partial charge in [-0.2, -0.15) is 0 Å². The summed E-state index contributed by atoms with van der Waals surface area (Å²) in [7, 11) is 0. The van der Waals surface area contributed by atoms with Gasteiger partial charge in [0.2, 0.25) is 5.91 Å². The van der Waals surface area contributed by atoms with Gasteiger partial charge in [-0.1, -0.05) is 30.3 Å². The summed E-state index contributed by atoms with van der Waals surface area (Å²) in [6.07, 6.45) is 1.67. The van der Waals surface area contributed by atoms with Crippen LogP contribution in [0.4, 0.5) is 5.69 Å². The topological polar surface area (TPSA) is 72.3 Å². The zero-order valence-electron chi connectivity index (χ0n) is 12.1. The number of primary amides is 1. The van der Waals surface area contributed by atoms with Crippen molar-refractivity contribution in [3.63, 3.8) is 0 Å². The molecule has 110 valence electrons. The molecule has 0 unspecified atom stereocenters. The summed E-state index contributed by atoms with van der Waals surface area (Å²) in [5, 5.41) is 2.45. The smallest absolute Gasteiger partial charge is 0.220 e. The summed E-state index contributed by atoms with van der Waals surface area (Å²) < 4.78 is 0. The molecule has 0 spiro atoms. The first-order chi connectivity index (χ1) is 10.2. The van der Waals surface area contributed by atoms with E-state index >= 15 is 0 Å². The third kappa shape index (κ3) is 2.59. The van der Waals surface area contributed by atoms with E-state index in [1.807, 2.05) is 6.07 Å². The minimum Gasteiger partial charge on any atom is -0.371 e. The van der Waals surface area contributed by atoms with Crippen molar-refractivity contribution < 1.29 is 4.79 Å². The summed E-state index contributed by atoms with van der Waals surface area (Å²) in [6.45, 7) is 2.30. The predicted octanol–water partition coefficient (Wildman–Crippen LogP) is 2.00. The van der Waals surface area contributed by atoms with Gasteiger partial charge in [-0.25, -0.2) is 0 Å². The molecule has 2 aromatic carbocycles. The lowest BCUT2D eigenvalue weighted by molar-refractivity contribution is -0.122. The number of fused-ring (bicyclic) bond motifs is 1. The van der Waals surface area contributed by atoms with E-state index in [2.05, 4.69) is 35.2 Å². The van der Waals surface area contributed by atoms with E-state index < -0.39 is 0 Å². The van der Waals surface area contributed by atoms with Crippen molar-refractivity contribution in [1.29, 1.82) is 0 Å². The number of anilines is 1. The molecule has 0 aromatic heterocycles. The van der Waals surface area contributed by atoms with E-state index in [1.165, 1.54) is 22.0 Å². The van der Waals surface area contributed by atoms with Crippen LogP contribution in [0.2, 0.25) is 0 Å². The van der Waals surface area contributed by atoms with Crippen molar-refractivity contribution in [2.75, 3.05) is 18.0 Å². The molecule has 21 heavy (non-hydrogen) atoms. The quantitative estimate of drug-likeness (QED) is 0.905. The zero-order chi connectivity index (χ0) is 14.8. The number of hydrogen-bond acceptors (Lipinski definition) is 3. The van der Waals surface area contributed by atoms with Gasteiger partial charge >= 0.3 is 0 Å². The zero-order valence-corrected chi connectivity index (χ0v) is 12.1. The highest BCUT2D eigenvalue weighted by atomic mass is 16.1. The maximum atomic E-state index is 11.3. The Labute approximate surface area is 124 Å². The highest BCUT2D eigenvalue weighted by molar-refractivity contribution is 5.96. The molecule has 4 nitrogen and oxygen atoms in total. The Bertz CT molecular complexity index is 660. The maximum absolute atomic E-state index is 11.3. The Morgan fingerprint density at radius 1 is 1.10 bits per heavy atom. The van der Waals surface area contributed by atoms with Gasteiger partial charge in [-0.05, 0) is 29.9 Å². The van der Waals surface area contributed by atoms with Gasteiger partial charge < -0.3 is 16.4 Å². The third-order valence-electron chi connectivity index (χ3n) is 4.45. The largest absolute Gasteiger partial charge is 0.371 e. The van der Waals surface area contributed by atoms with E-state index in [-0.39, 0.29) is 11.8 Å². The fourth-order valence-corrected chi connectivity index (χ4v) is 3.20. The first-order valence-corrected chi connectivity index (χ1v) is 7.45. The van der Waals surface area contributed by atoms with Gasteiger partial charge in [0.05, 0.1) is 0 Å². The second-order valence-electron chi connectivity index (χ2n) is 5.66. The molecule has 1 aliphatic heterocycles. The van der Waals surface area contributed by atoms with Gasteiger partial charge in [0.25, 0.3) is 0 Å². The fourth-order valence-electron chi connectivity index (χ4n) is 3.20. The van der Waals surface area contributed by atoms with Crippen LogP contribution in [0.5, 0.6) is 0 Å². The molecule has 2 aromatic rings. The Morgan fingerprint density at radius 2 is 1.76 bits per heavy atom. The first kappa shape index (κ1) is 13.9. The lowest BCUT2D eigenvalue weighted by Crippen LogP contribution is -2.38. The number of nitrogens with two attached hydrogens (primary N) is 2. The van der Waals surface area contributed by atoms with Crippen LogP contribution in [0, 0.1) is 5.92 Å². The van der Waals surface area contributed by atoms with Crippen LogP contribution in [0.3, 0.4) is 0 Å². The summed E-state index contributed by atoms with van der Waals surface area (Å²) >= 11 is 0. The van der Waals surface area contributed by atoms with Gasteiger partial charge in [-0.15, -0.1) is 0 Å². The molecule has 1 aliphatic rings. The number of rotatable bonds is 3. The first-order valence-electron chi connectivity index (χ1n) is 7.45. The average molecular weight is 283 g/mol. The summed E-state index contributed by atoms with van der Waals surface area (Å²) in [5.74, 6) is -0.145. The Kier molecular flexibility index (Phi) is 3.80. The Hall–Kier alpha value is -2.07. The molecule has 1 saturated heterocycles. The number of amides is 1. The number of carbonyl (C=O) groups is 1. The number of nitrogens with zero attached hydrogens (tertiary/aromatic N) is 1. The van der Waals surface area contributed by atoms with Crippen molar-refractivity contribution in [2.24, 2.45) is 17.4 Å². The molecular weight excluding hydrogens is 262 g/mol. The second-order valence-corrected chi connectivity index (χ2v) is 5.66. The molecule has 3 rings (SSSR count). The number of carbonyl (C=O) groups excluding carboxylic acids is 1. The molecule has 0 aliphatic carbocycles. The molecule has 1 heterocycles. The van der Waals surface area contributed by atoms with Crippen LogP contribution in [0.25, 0.3) is 10.8 Å². The van der Waals surface area contributed by atoms with E-state index in [4.69, 9.17) is 11.5 Å². The molecule has 1 fully saturated rings. The second kappa shape index (κ2) is 5.74. The molecule has 0 atom stereocenters. The van der Waals surface area contributed by atoms with Crippen molar-refractivity contribution in [3.05, 3.63) is 42.0 Å². The third-order valence-corrected chi connectivity index (χ3v) is 4.45. The monoisotopic (exact) mass is 283 g/mol. The van der Waals surface area contributed by atoms with Crippen molar-refractivity contribution in [3.8, 4) is 0 Å². The fraction of sp³-hybridized carbons (Fsp3) is 0.353. The molecule has 0 bridgehead atoms. The molecular formula is C17H21N3O. The predicted molar refractivity (Wildman–Crippen MR) is 86.0 cm³/mol. The molecule has 4 N–H and O–H groups in total. The number of piperidine rings is 1. The summed E-state index contributed by atoms with van der Waals surface area (Å²) in [4.78, 5) is 13.6. The molecule has 1 amide bonds. The molecule has 4 heteroatoms.